The molecule has 0 saturated heterocycles. The number of nitrogens with two attached hydrogens (primary N) is 1. The fourth-order valence-corrected chi connectivity index (χ4v) is 3.01. The van der Waals surface area contributed by atoms with E-state index in [1.165, 1.54) is 19.3 Å². The Hall–Kier alpha value is -0.970. The Morgan fingerprint density at radius 2 is 2.00 bits per heavy atom. The Labute approximate surface area is 135 Å². The lowest BCUT2D eigenvalue weighted by Gasteiger charge is -2.34. The second-order valence-corrected chi connectivity index (χ2v) is 6.39. The number of nitrogen functional groups attached to an aromatic ring is 1. The van der Waals surface area contributed by atoms with Crippen LogP contribution in [0.5, 0.6) is 0 Å². The van der Waals surface area contributed by atoms with Crippen LogP contribution in [0.2, 0.25) is 10.0 Å². The lowest BCUT2D eigenvalue weighted by Crippen LogP contribution is -2.37. The first-order valence-corrected chi connectivity index (χ1v) is 7.97. The highest BCUT2D eigenvalue weighted by Gasteiger charge is 2.21. The topological polar surface area (TPSA) is 58.4 Å². The van der Waals surface area contributed by atoms with Gasteiger partial charge in [-0.05, 0) is 45.0 Å². The summed E-state index contributed by atoms with van der Waals surface area (Å²) in [4.78, 5) is 14.3. The number of carbonyl (C=O) groups is 1. The van der Waals surface area contributed by atoms with E-state index in [2.05, 4.69) is 17.3 Å². The molecule has 0 bridgehead atoms. The van der Waals surface area contributed by atoms with Crippen molar-refractivity contribution in [3.8, 4) is 0 Å². The average Bonchev–Trinajstić information content (AvgIpc) is 2.31. The van der Waals surface area contributed by atoms with Crippen molar-refractivity contribution in [3.63, 3.8) is 0 Å². The summed E-state index contributed by atoms with van der Waals surface area (Å²) in [5.41, 5.74) is 6.54. The van der Waals surface area contributed by atoms with Crippen LogP contribution < -0.4 is 11.1 Å². The molecule has 1 aromatic carbocycles. The summed E-state index contributed by atoms with van der Waals surface area (Å²) < 4.78 is 0. The smallest absolute Gasteiger partial charge is 0.224 e. The van der Waals surface area contributed by atoms with Crippen LogP contribution in [0.25, 0.3) is 0 Å². The summed E-state index contributed by atoms with van der Waals surface area (Å²) in [6.45, 7) is 0.932. The number of rotatable bonds is 6. The average molecular weight is 330 g/mol. The SMILES string of the molecule is CN(CCCC(=O)Nc1c(Cl)cc(N)cc1Cl)C1CCC1. The number of nitrogens with zero attached hydrogens (tertiary/aromatic N) is 1. The zero-order valence-corrected chi connectivity index (χ0v) is 13.7. The van der Waals surface area contributed by atoms with Crippen LogP contribution in [0.3, 0.4) is 0 Å². The van der Waals surface area contributed by atoms with Crippen LogP contribution in [-0.4, -0.2) is 30.4 Å². The molecule has 1 amide bonds. The molecule has 0 aromatic heterocycles. The van der Waals surface area contributed by atoms with E-state index in [9.17, 15) is 4.79 Å². The predicted octanol–water partition coefficient (Wildman–Crippen LogP) is 3.78. The van der Waals surface area contributed by atoms with Gasteiger partial charge in [-0.2, -0.15) is 0 Å². The molecule has 1 aliphatic carbocycles. The molecule has 0 unspecified atom stereocenters. The van der Waals surface area contributed by atoms with Gasteiger partial charge in [0.2, 0.25) is 5.91 Å². The van der Waals surface area contributed by atoms with E-state index < -0.39 is 0 Å². The lowest BCUT2D eigenvalue weighted by atomic mass is 9.92. The second-order valence-electron chi connectivity index (χ2n) is 5.58. The van der Waals surface area contributed by atoms with Gasteiger partial charge in [0.1, 0.15) is 0 Å². The van der Waals surface area contributed by atoms with Crippen LogP contribution in [0.15, 0.2) is 12.1 Å². The molecule has 1 saturated carbocycles. The fraction of sp³-hybridized carbons (Fsp3) is 0.533. The van der Waals surface area contributed by atoms with Gasteiger partial charge in [-0.1, -0.05) is 29.6 Å². The van der Waals surface area contributed by atoms with Crippen LogP contribution in [0, 0.1) is 0 Å². The van der Waals surface area contributed by atoms with Crippen molar-refractivity contribution >= 4 is 40.5 Å². The van der Waals surface area contributed by atoms with Gasteiger partial charge in [0.05, 0.1) is 15.7 Å². The fourth-order valence-electron chi connectivity index (χ4n) is 2.41. The number of carbonyl (C=O) groups excluding carboxylic acids is 1. The molecule has 6 heteroatoms. The van der Waals surface area contributed by atoms with Crippen LogP contribution >= 0.6 is 23.2 Å². The molecule has 2 rings (SSSR count). The Bertz CT molecular complexity index is 495. The summed E-state index contributed by atoms with van der Waals surface area (Å²) in [5.74, 6) is -0.0782. The van der Waals surface area contributed by atoms with E-state index in [0.29, 0.717) is 33.9 Å². The van der Waals surface area contributed by atoms with Crippen LogP contribution in [0.1, 0.15) is 32.1 Å². The Morgan fingerprint density at radius 1 is 1.38 bits per heavy atom. The molecule has 0 atom stereocenters. The minimum atomic E-state index is -0.0782. The summed E-state index contributed by atoms with van der Waals surface area (Å²) in [6, 6.07) is 3.86. The number of anilines is 2. The van der Waals surface area contributed by atoms with Crippen molar-refractivity contribution in [1.82, 2.24) is 4.90 Å². The quantitative estimate of drug-likeness (QED) is 0.781. The number of benzene rings is 1. The highest BCUT2D eigenvalue weighted by Crippen LogP contribution is 2.33. The maximum atomic E-state index is 12.0. The summed E-state index contributed by atoms with van der Waals surface area (Å²) in [7, 11) is 2.12. The molecule has 0 heterocycles. The van der Waals surface area contributed by atoms with Gasteiger partial charge in [-0.3, -0.25) is 4.79 Å². The minimum absolute atomic E-state index is 0.0782. The zero-order valence-electron chi connectivity index (χ0n) is 12.2. The number of halogens is 2. The third-order valence-corrected chi connectivity index (χ3v) is 4.54. The van der Waals surface area contributed by atoms with Crippen LogP contribution in [-0.2, 0) is 4.79 Å². The van der Waals surface area contributed by atoms with Crippen molar-refractivity contribution in [3.05, 3.63) is 22.2 Å². The van der Waals surface area contributed by atoms with E-state index >= 15 is 0 Å². The van der Waals surface area contributed by atoms with Gasteiger partial charge in [0.15, 0.2) is 0 Å². The van der Waals surface area contributed by atoms with Crippen molar-refractivity contribution in [2.45, 2.75) is 38.1 Å². The summed E-state index contributed by atoms with van der Waals surface area (Å²) in [6.07, 6.45) is 5.15. The van der Waals surface area contributed by atoms with Gasteiger partial charge < -0.3 is 16.0 Å². The molecule has 116 valence electrons. The van der Waals surface area contributed by atoms with Gasteiger partial charge >= 0.3 is 0 Å². The van der Waals surface area contributed by atoms with E-state index in [4.69, 9.17) is 28.9 Å². The van der Waals surface area contributed by atoms with Crippen molar-refractivity contribution in [2.75, 3.05) is 24.6 Å². The highest BCUT2D eigenvalue weighted by atomic mass is 35.5. The first kappa shape index (κ1) is 16.4. The molecule has 0 radical (unpaired) electrons. The van der Waals surface area contributed by atoms with Crippen molar-refractivity contribution in [2.24, 2.45) is 0 Å². The predicted molar refractivity (Wildman–Crippen MR) is 89.0 cm³/mol. The maximum Gasteiger partial charge on any atom is 0.224 e. The van der Waals surface area contributed by atoms with Crippen molar-refractivity contribution < 1.29 is 4.79 Å². The molecule has 21 heavy (non-hydrogen) atoms. The van der Waals surface area contributed by atoms with Crippen molar-refractivity contribution in [1.29, 1.82) is 0 Å². The molecule has 3 N–H and O–H groups in total. The third-order valence-electron chi connectivity index (χ3n) is 3.94. The normalized spacial score (nSPS) is 15.0. The first-order chi connectivity index (χ1) is 9.97. The van der Waals surface area contributed by atoms with Crippen LogP contribution in [0.4, 0.5) is 11.4 Å². The minimum Gasteiger partial charge on any atom is -0.399 e. The molecular weight excluding hydrogens is 309 g/mol. The number of hydrogen-bond donors (Lipinski definition) is 2. The van der Waals surface area contributed by atoms with Gasteiger partial charge in [-0.25, -0.2) is 0 Å². The number of nitrogens with one attached hydrogen (secondary N) is 1. The largest absolute Gasteiger partial charge is 0.399 e. The van der Waals surface area contributed by atoms with Gasteiger partial charge in [-0.15, -0.1) is 0 Å². The molecular formula is C15H21Cl2N3O. The number of amides is 1. The van der Waals surface area contributed by atoms with E-state index in [1.807, 2.05) is 0 Å². The number of hydrogen-bond acceptors (Lipinski definition) is 3. The highest BCUT2D eigenvalue weighted by molar-refractivity contribution is 6.40. The zero-order chi connectivity index (χ0) is 15.4. The van der Waals surface area contributed by atoms with E-state index in [0.717, 1.165) is 13.0 Å². The third kappa shape index (κ3) is 4.50. The molecule has 1 aliphatic rings. The molecule has 0 aliphatic heterocycles. The lowest BCUT2D eigenvalue weighted by molar-refractivity contribution is -0.116. The maximum absolute atomic E-state index is 12.0. The first-order valence-electron chi connectivity index (χ1n) is 7.22. The summed E-state index contributed by atoms with van der Waals surface area (Å²) >= 11 is 12.1. The molecule has 1 aromatic rings. The Kier molecular flexibility index (Phi) is 5.73. The molecule has 4 nitrogen and oxygen atoms in total. The van der Waals surface area contributed by atoms with Gasteiger partial charge in [0, 0.05) is 18.2 Å². The Balaban J connectivity index is 1.79. The Morgan fingerprint density at radius 3 is 2.52 bits per heavy atom. The van der Waals surface area contributed by atoms with Gasteiger partial charge in [0.25, 0.3) is 0 Å². The molecule has 1 fully saturated rings. The van der Waals surface area contributed by atoms with E-state index in [1.54, 1.807) is 12.1 Å². The monoisotopic (exact) mass is 329 g/mol. The standard InChI is InChI=1S/C15H21Cl2N3O/c1-20(11-4-2-5-11)7-3-6-14(21)19-15-12(16)8-10(18)9-13(15)17/h8-9,11H,2-7,18H2,1H3,(H,19,21). The second kappa shape index (κ2) is 7.34. The summed E-state index contributed by atoms with van der Waals surface area (Å²) in [5, 5.41) is 3.48. The molecule has 0 spiro atoms. The van der Waals surface area contributed by atoms with E-state index in [-0.39, 0.29) is 5.91 Å².